The standard InChI is InChI=1S/C21H25N7O2/c1-13-17(14(2)26-25-13)18-23-16-11-22-7-3-15(16)19(24-18)27-8-4-21(5-9-27)6-10-28(12-21)20(29)30/h3,7,11H,4-6,8-10,12H2,1-2H3,(H,25,26)(H,29,30). The summed E-state index contributed by atoms with van der Waals surface area (Å²) in [6, 6.07) is 1.97. The van der Waals surface area contributed by atoms with Crippen LogP contribution in [0.2, 0.25) is 0 Å². The molecule has 9 heteroatoms. The highest BCUT2D eigenvalue weighted by molar-refractivity contribution is 5.90. The van der Waals surface area contributed by atoms with Crippen LogP contribution in [0.4, 0.5) is 10.6 Å². The van der Waals surface area contributed by atoms with E-state index in [0.717, 1.165) is 66.0 Å². The topological polar surface area (TPSA) is 111 Å². The number of nitrogens with one attached hydrogen (secondary N) is 1. The van der Waals surface area contributed by atoms with Crippen molar-refractivity contribution in [1.29, 1.82) is 0 Å². The summed E-state index contributed by atoms with van der Waals surface area (Å²) in [5.74, 6) is 1.58. The van der Waals surface area contributed by atoms with Crippen LogP contribution in [0.25, 0.3) is 22.3 Å². The van der Waals surface area contributed by atoms with Crippen molar-refractivity contribution in [3.05, 3.63) is 29.8 Å². The van der Waals surface area contributed by atoms with Crippen LogP contribution in [0.5, 0.6) is 0 Å². The zero-order chi connectivity index (χ0) is 20.9. The lowest BCUT2D eigenvalue weighted by molar-refractivity contribution is 0.144. The van der Waals surface area contributed by atoms with Crippen molar-refractivity contribution in [3.8, 4) is 11.4 Å². The zero-order valence-corrected chi connectivity index (χ0v) is 17.2. The number of piperidine rings is 1. The highest BCUT2D eigenvalue weighted by atomic mass is 16.4. The molecule has 5 heterocycles. The van der Waals surface area contributed by atoms with Crippen LogP contribution in [0, 0.1) is 19.3 Å². The number of hydrogen-bond donors (Lipinski definition) is 2. The third-order valence-electron chi connectivity index (χ3n) is 6.66. The summed E-state index contributed by atoms with van der Waals surface area (Å²) in [4.78, 5) is 29.2. The Labute approximate surface area is 174 Å². The normalized spacial score (nSPS) is 18.5. The quantitative estimate of drug-likeness (QED) is 0.672. The van der Waals surface area contributed by atoms with Crippen molar-refractivity contribution in [2.24, 2.45) is 5.41 Å². The Kier molecular flexibility index (Phi) is 4.34. The van der Waals surface area contributed by atoms with E-state index in [-0.39, 0.29) is 5.41 Å². The third-order valence-corrected chi connectivity index (χ3v) is 6.66. The van der Waals surface area contributed by atoms with Crippen LogP contribution < -0.4 is 4.90 Å². The smallest absolute Gasteiger partial charge is 0.407 e. The molecule has 0 atom stereocenters. The van der Waals surface area contributed by atoms with E-state index in [0.29, 0.717) is 18.9 Å². The fraction of sp³-hybridized carbons (Fsp3) is 0.476. The number of hydrogen-bond acceptors (Lipinski definition) is 6. The Hall–Kier alpha value is -3.23. The van der Waals surface area contributed by atoms with Crippen molar-refractivity contribution in [3.63, 3.8) is 0 Å². The summed E-state index contributed by atoms with van der Waals surface area (Å²) in [5.41, 5.74) is 3.66. The van der Waals surface area contributed by atoms with Gasteiger partial charge in [0.15, 0.2) is 5.82 Å². The number of carbonyl (C=O) groups is 1. The number of aryl methyl sites for hydroxylation is 2. The van der Waals surface area contributed by atoms with Crippen molar-refractivity contribution in [2.45, 2.75) is 33.1 Å². The highest BCUT2D eigenvalue weighted by Crippen LogP contribution is 2.42. The molecule has 0 saturated carbocycles. The second kappa shape index (κ2) is 6.93. The first-order valence-corrected chi connectivity index (χ1v) is 10.3. The number of rotatable bonds is 2. The lowest BCUT2D eigenvalue weighted by Crippen LogP contribution is -2.42. The van der Waals surface area contributed by atoms with Gasteiger partial charge >= 0.3 is 6.09 Å². The SMILES string of the molecule is Cc1n[nH]c(C)c1-c1nc(N2CCC3(CCN(C(=O)O)C3)CC2)c2ccncc2n1. The van der Waals surface area contributed by atoms with Gasteiger partial charge in [-0.3, -0.25) is 10.1 Å². The van der Waals surface area contributed by atoms with E-state index >= 15 is 0 Å². The molecule has 0 unspecified atom stereocenters. The average molecular weight is 407 g/mol. The van der Waals surface area contributed by atoms with Crippen LogP contribution in [0.3, 0.4) is 0 Å². The highest BCUT2D eigenvalue weighted by Gasteiger charge is 2.42. The molecule has 3 aromatic rings. The van der Waals surface area contributed by atoms with Crippen LogP contribution in [0.1, 0.15) is 30.7 Å². The molecule has 1 amide bonds. The van der Waals surface area contributed by atoms with E-state index in [1.807, 2.05) is 19.9 Å². The first-order valence-electron chi connectivity index (χ1n) is 10.3. The molecule has 0 bridgehead atoms. The summed E-state index contributed by atoms with van der Waals surface area (Å²) in [6.07, 6.45) is 5.62. The maximum absolute atomic E-state index is 11.3. The molecule has 5 rings (SSSR count). The van der Waals surface area contributed by atoms with Gasteiger partial charge in [0.1, 0.15) is 5.82 Å². The maximum Gasteiger partial charge on any atom is 0.407 e. The first kappa shape index (κ1) is 18.8. The van der Waals surface area contributed by atoms with Gasteiger partial charge in [-0.1, -0.05) is 0 Å². The van der Waals surface area contributed by atoms with Gasteiger partial charge in [-0.25, -0.2) is 14.8 Å². The minimum Gasteiger partial charge on any atom is -0.465 e. The molecule has 2 fully saturated rings. The van der Waals surface area contributed by atoms with Gasteiger partial charge in [0.2, 0.25) is 0 Å². The summed E-state index contributed by atoms with van der Waals surface area (Å²) in [6.45, 7) is 6.91. The molecule has 2 aliphatic rings. The summed E-state index contributed by atoms with van der Waals surface area (Å²) < 4.78 is 0. The van der Waals surface area contributed by atoms with Crippen LogP contribution in [0.15, 0.2) is 18.5 Å². The fourth-order valence-electron chi connectivity index (χ4n) is 4.90. The van der Waals surface area contributed by atoms with E-state index < -0.39 is 6.09 Å². The number of H-pyrrole nitrogens is 1. The van der Waals surface area contributed by atoms with Crippen LogP contribution in [-0.4, -0.2) is 67.4 Å². The van der Waals surface area contributed by atoms with Gasteiger partial charge in [-0.2, -0.15) is 5.10 Å². The van der Waals surface area contributed by atoms with Crippen LogP contribution >= 0.6 is 0 Å². The number of aromatic nitrogens is 5. The molecule has 2 saturated heterocycles. The summed E-state index contributed by atoms with van der Waals surface area (Å²) >= 11 is 0. The fourth-order valence-corrected chi connectivity index (χ4v) is 4.90. The lowest BCUT2D eigenvalue weighted by atomic mass is 9.78. The second-order valence-electron chi connectivity index (χ2n) is 8.51. The monoisotopic (exact) mass is 407 g/mol. The number of anilines is 1. The van der Waals surface area contributed by atoms with E-state index in [1.165, 1.54) is 0 Å². The Balaban J connectivity index is 1.48. The number of pyridine rings is 1. The molecule has 2 N–H and O–H groups in total. The molecule has 0 radical (unpaired) electrons. The molecular weight excluding hydrogens is 382 g/mol. The summed E-state index contributed by atoms with van der Waals surface area (Å²) in [7, 11) is 0. The van der Waals surface area contributed by atoms with Gasteiger partial charge in [-0.15, -0.1) is 0 Å². The molecule has 30 heavy (non-hydrogen) atoms. The van der Waals surface area contributed by atoms with E-state index in [9.17, 15) is 9.90 Å². The molecular formula is C21H25N7O2. The van der Waals surface area contributed by atoms with E-state index in [2.05, 4.69) is 20.1 Å². The number of carboxylic acid groups (broad SMARTS) is 1. The van der Waals surface area contributed by atoms with Crippen molar-refractivity contribution in [1.82, 2.24) is 30.0 Å². The molecule has 1 spiro atoms. The first-order chi connectivity index (χ1) is 14.5. The number of nitrogens with zero attached hydrogens (tertiary/aromatic N) is 6. The number of amides is 1. The molecule has 3 aromatic heterocycles. The molecule has 2 aliphatic heterocycles. The van der Waals surface area contributed by atoms with Crippen molar-refractivity contribution < 1.29 is 9.90 Å². The molecule has 9 nitrogen and oxygen atoms in total. The third kappa shape index (κ3) is 3.05. The van der Waals surface area contributed by atoms with Gasteiger partial charge in [0.25, 0.3) is 0 Å². The van der Waals surface area contributed by atoms with Gasteiger partial charge < -0.3 is 14.9 Å². The molecule has 156 valence electrons. The van der Waals surface area contributed by atoms with Gasteiger partial charge in [0.05, 0.1) is 23.0 Å². The van der Waals surface area contributed by atoms with Crippen molar-refractivity contribution >= 4 is 22.8 Å². The lowest BCUT2D eigenvalue weighted by Gasteiger charge is -2.40. The number of fused-ring (bicyclic) bond motifs is 1. The van der Waals surface area contributed by atoms with E-state index in [1.54, 1.807) is 17.3 Å². The number of aromatic amines is 1. The molecule has 0 aromatic carbocycles. The van der Waals surface area contributed by atoms with E-state index in [4.69, 9.17) is 9.97 Å². The average Bonchev–Trinajstić information content (AvgIpc) is 3.31. The summed E-state index contributed by atoms with van der Waals surface area (Å²) in [5, 5.41) is 17.6. The van der Waals surface area contributed by atoms with Crippen molar-refractivity contribution in [2.75, 3.05) is 31.1 Å². The van der Waals surface area contributed by atoms with Gasteiger partial charge in [0, 0.05) is 43.5 Å². The Morgan fingerprint density at radius 3 is 2.60 bits per heavy atom. The predicted octanol–water partition coefficient (Wildman–Crippen LogP) is 3.00. The Morgan fingerprint density at radius 1 is 1.17 bits per heavy atom. The minimum absolute atomic E-state index is 0.0971. The second-order valence-corrected chi connectivity index (χ2v) is 8.51. The minimum atomic E-state index is -0.806. The Morgan fingerprint density at radius 2 is 1.93 bits per heavy atom. The largest absolute Gasteiger partial charge is 0.465 e. The van der Waals surface area contributed by atoms with Gasteiger partial charge in [-0.05, 0) is 44.6 Å². The molecule has 0 aliphatic carbocycles. The Bertz CT molecular complexity index is 1100. The number of likely N-dealkylation sites (tertiary alicyclic amines) is 1. The van der Waals surface area contributed by atoms with Crippen LogP contribution in [-0.2, 0) is 0 Å². The predicted molar refractivity (Wildman–Crippen MR) is 112 cm³/mol. The zero-order valence-electron chi connectivity index (χ0n) is 17.2. The maximum atomic E-state index is 11.3.